The summed E-state index contributed by atoms with van der Waals surface area (Å²) in [4.78, 5) is 16.9. The number of benzene rings is 2. The smallest absolute Gasteiger partial charge is 0.246 e. The Hall–Kier alpha value is -2.81. The highest BCUT2D eigenvalue weighted by atomic mass is 32.2. The Morgan fingerprint density at radius 3 is 2.23 bits per heavy atom. The van der Waals surface area contributed by atoms with E-state index in [9.17, 15) is 17.6 Å². The maximum absolute atomic E-state index is 13.3. The number of rotatable bonds is 6. The number of hydrogen-bond acceptors (Lipinski definition) is 5. The Bertz CT molecular complexity index is 990. The zero-order valence-electron chi connectivity index (χ0n) is 17.3. The summed E-state index contributed by atoms with van der Waals surface area (Å²) in [5, 5.41) is 0. The molecule has 0 aromatic heterocycles. The van der Waals surface area contributed by atoms with Crippen LogP contribution in [0, 0.1) is 5.82 Å². The van der Waals surface area contributed by atoms with E-state index >= 15 is 0 Å². The molecular weight excluding hydrogens is 409 g/mol. The zero-order valence-corrected chi connectivity index (χ0v) is 18.1. The van der Waals surface area contributed by atoms with Crippen molar-refractivity contribution in [3.05, 3.63) is 54.3 Å². The van der Waals surface area contributed by atoms with Gasteiger partial charge in [0.2, 0.25) is 15.9 Å². The van der Waals surface area contributed by atoms with E-state index in [1.807, 2.05) is 24.3 Å². The lowest BCUT2D eigenvalue weighted by atomic mass is 10.2. The van der Waals surface area contributed by atoms with Crippen LogP contribution in [0.15, 0.2) is 48.5 Å². The summed E-state index contributed by atoms with van der Waals surface area (Å²) in [6.07, 6.45) is 1.04. The highest BCUT2D eigenvalue weighted by Crippen LogP contribution is 2.29. The summed E-state index contributed by atoms with van der Waals surface area (Å²) >= 11 is 0. The van der Waals surface area contributed by atoms with Gasteiger partial charge in [-0.1, -0.05) is 12.1 Å². The van der Waals surface area contributed by atoms with E-state index in [-0.39, 0.29) is 11.6 Å². The van der Waals surface area contributed by atoms with E-state index in [4.69, 9.17) is 4.74 Å². The number of carbonyl (C=O) groups is 1. The van der Waals surface area contributed by atoms with Crippen molar-refractivity contribution in [3.63, 3.8) is 0 Å². The van der Waals surface area contributed by atoms with Gasteiger partial charge in [0.25, 0.3) is 0 Å². The first kappa shape index (κ1) is 21.9. The zero-order chi connectivity index (χ0) is 21.9. The number of halogens is 1. The van der Waals surface area contributed by atoms with Crippen LogP contribution in [0.25, 0.3) is 0 Å². The van der Waals surface area contributed by atoms with Gasteiger partial charge in [-0.2, -0.15) is 0 Å². The third-order valence-electron chi connectivity index (χ3n) is 5.16. The van der Waals surface area contributed by atoms with Crippen molar-refractivity contribution < 1.29 is 22.3 Å². The molecule has 7 nitrogen and oxygen atoms in total. The largest absolute Gasteiger partial charge is 0.495 e. The van der Waals surface area contributed by atoms with Crippen LogP contribution in [0.3, 0.4) is 0 Å². The first-order chi connectivity index (χ1) is 14.2. The molecule has 1 fully saturated rings. The number of para-hydroxylation sites is 2. The molecule has 162 valence electrons. The molecule has 0 saturated carbocycles. The maximum atomic E-state index is 13.3. The van der Waals surface area contributed by atoms with E-state index in [0.29, 0.717) is 26.2 Å². The molecule has 2 aromatic rings. The van der Waals surface area contributed by atoms with Crippen molar-refractivity contribution in [2.75, 3.05) is 48.7 Å². The van der Waals surface area contributed by atoms with Gasteiger partial charge in [0.05, 0.1) is 24.7 Å². The Morgan fingerprint density at radius 1 is 1.07 bits per heavy atom. The molecule has 1 heterocycles. The molecule has 0 aliphatic carbocycles. The summed E-state index contributed by atoms with van der Waals surface area (Å²) in [7, 11) is -2.12. The van der Waals surface area contributed by atoms with Gasteiger partial charge >= 0.3 is 0 Å². The van der Waals surface area contributed by atoms with Gasteiger partial charge in [0.15, 0.2) is 0 Å². The van der Waals surface area contributed by atoms with Crippen LogP contribution in [0.4, 0.5) is 15.8 Å². The topological polar surface area (TPSA) is 70.2 Å². The van der Waals surface area contributed by atoms with Gasteiger partial charge in [-0.3, -0.25) is 9.10 Å². The molecule has 1 amide bonds. The monoisotopic (exact) mass is 435 g/mol. The van der Waals surface area contributed by atoms with Crippen LogP contribution in [-0.2, 0) is 14.8 Å². The molecule has 3 rings (SSSR count). The lowest BCUT2D eigenvalue weighted by Crippen LogP contribution is -2.55. The van der Waals surface area contributed by atoms with Crippen molar-refractivity contribution in [3.8, 4) is 5.75 Å². The van der Waals surface area contributed by atoms with E-state index < -0.39 is 21.9 Å². The summed E-state index contributed by atoms with van der Waals surface area (Å²) < 4.78 is 44.5. The minimum Gasteiger partial charge on any atom is -0.495 e. The molecule has 9 heteroatoms. The number of hydrogen-bond donors (Lipinski definition) is 0. The Kier molecular flexibility index (Phi) is 6.50. The van der Waals surface area contributed by atoms with Crippen molar-refractivity contribution in [2.24, 2.45) is 0 Å². The van der Waals surface area contributed by atoms with Gasteiger partial charge < -0.3 is 14.5 Å². The van der Waals surface area contributed by atoms with Gasteiger partial charge in [0.1, 0.15) is 17.6 Å². The van der Waals surface area contributed by atoms with Crippen LogP contribution in [-0.4, -0.2) is 64.8 Å². The second-order valence-corrected chi connectivity index (χ2v) is 9.05. The molecule has 0 N–H and O–H groups in total. The highest BCUT2D eigenvalue weighted by Gasteiger charge is 2.33. The number of nitrogens with zero attached hydrogens (tertiary/aromatic N) is 3. The SMILES string of the molecule is COc1ccccc1N1CCN(C(=O)[C@H](C)N(c2ccc(F)cc2)S(C)(=O)=O)CC1. The first-order valence-electron chi connectivity index (χ1n) is 9.64. The maximum Gasteiger partial charge on any atom is 0.246 e. The lowest BCUT2D eigenvalue weighted by molar-refractivity contribution is -0.132. The fourth-order valence-electron chi connectivity index (χ4n) is 3.71. The molecule has 0 radical (unpaired) electrons. The number of sulfonamides is 1. The first-order valence-corrected chi connectivity index (χ1v) is 11.5. The molecule has 1 atom stereocenters. The van der Waals surface area contributed by atoms with Crippen molar-refractivity contribution >= 4 is 27.3 Å². The summed E-state index contributed by atoms with van der Waals surface area (Å²) in [6.45, 7) is 3.69. The highest BCUT2D eigenvalue weighted by molar-refractivity contribution is 7.92. The second kappa shape index (κ2) is 8.91. The number of anilines is 2. The molecule has 0 spiro atoms. The Morgan fingerprint density at radius 2 is 1.67 bits per heavy atom. The quantitative estimate of drug-likeness (QED) is 0.697. The normalized spacial score (nSPS) is 15.6. The average Bonchev–Trinajstić information content (AvgIpc) is 2.74. The predicted molar refractivity (Wildman–Crippen MR) is 115 cm³/mol. The summed E-state index contributed by atoms with van der Waals surface area (Å²) in [6, 6.07) is 11.8. The predicted octanol–water partition coefficient (Wildman–Crippen LogP) is 2.34. The van der Waals surface area contributed by atoms with E-state index in [1.54, 1.807) is 18.9 Å². The third kappa shape index (κ3) is 4.67. The molecule has 2 aromatic carbocycles. The number of methoxy groups -OCH3 is 1. The van der Waals surface area contributed by atoms with Crippen molar-refractivity contribution in [1.29, 1.82) is 0 Å². The molecule has 0 unspecified atom stereocenters. The van der Waals surface area contributed by atoms with Crippen LogP contribution >= 0.6 is 0 Å². The second-order valence-electron chi connectivity index (χ2n) is 7.20. The minimum atomic E-state index is -3.74. The van der Waals surface area contributed by atoms with Crippen molar-refractivity contribution in [1.82, 2.24) is 4.90 Å². The Balaban J connectivity index is 1.73. The number of carbonyl (C=O) groups excluding carboxylic acids is 1. The average molecular weight is 436 g/mol. The lowest BCUT2D eigenvalue weighted by Gasteiger charge is -2.39. The van der Waals surface area contributed by atoms with Gasteiger partial charge in [-0.25, -0.2) is 12.8 Å². The molecule has 1 aliphatic heterocycles. The standard InChI is InChI=1S/C21H26FN3O4S/c1-16(25(30(3,27)28)18-10-8-17(22)9-11-18)21(26)24-14-12-23(13-15-24)19-6-4-5-7-20(19)29-2/h4-11,16H,12-15H2,1-3H3/t16-/m0/s1. The van der Waals surface area contributed by atoms with Crippen LogP contribution < -0.4 is 13.9 Å². The van der Waals surface area contributed by atoms with Gasteiger partial charge in [-0.15, -0.1) is 0 Å². The third-order valence-corrected chi connectivity index (χ3v) is 6.41. The summed E-state index contributed by atoms with van der Waals surface area (Å²) in [5.41, 5.74) is 1.22. The van der Waals surface area contributed by atoms with Crippen LogP contribution in [0.5, 0.6) is 5.75 Å². The molecule has 0 bridgehead atoms. The molecular formula is C21H26FN3O4S. The van der Waals surface area contributed by atoms with Crippen molar-refractivity contribution in [2.45, 2.75) is 13.0 Å². The van der Waals surface area contributed by atoms with Gasteiger partial charge in [-0.05, 0) is 43.3 Å². The fraction of sp³-hybridized carbons (Fsp3) is 0.381. The fourth-order valence-corrected chi connectivity index (χ4v) is 4.88. The Labute approximate surface area is 176 Å². The number of amides is 1. The van der Waals surface area contributed by atoms with E-state index in [1.165, 1.54) is 24.3 Å². The minimum absolute atomic E-state index is 0.257. The van der Waals surface area contributed by atoms with Crippen LogP contribution in [0.2, 0.25) is 0 Å². The molecule has 30 heavy (non-hydrogen) atoms. The van der Waals surface area contributed by atoms with Crippen LogP contribution in [0.1, 0.15) is 6.92 Å². The number of piperazine rings is 1. The van der Waals surface area contributed by atoms with E-state index in [2.05, 4.69) is 4.90 Å². The number of ether oxygens (including phenoxy) is 1. The van der Waals surface area contributed by atoms with Gasteiger partial charge in [0, 0.05) is 26.2 Å². The summed E-state index contributed by atoms with van der Waals surface area (Å²) in [5.74, 6) is 0.00766. The molecule has 1 saturated heterocycles. The van der Waals surface area contributed by atoms with E-state index in [0.717, 1.165) is 22.0 Å². The molecule has 1 aliphatic rings.